The van der Waals surface area contributed by atoms with E-state index in [0.29, 0.717) is 18.3 Å². The van der Waals surface area contributed by atoms with E-state index in [0.717, 1.165) is 67.6 Å². The van der Waals surface area contributed by atoms with Gasteiger partial charge in [-0.15, -0.1) is 0 Å². The van der Waals surface area contributed by atoms with Gasteiger partial charge in [0, 0.05) is 31.9 Å². The second-order valence-corrected chi connectivity index (χ2v) is 8.60. The monoisotopic (exact) mass is 446 g/mol. The third kappa shape index (κ3) is 3.98. The summed E-state index contributed by atoms with van der Waals surface area (Å²) in [7, 11) is 0. The van der Waals surface area contributed by atoms with Crippen LogP contribution in [0.5, 0.6) is 5.88 Å². The average Bonchev–Trinajstić information content (AvgIpc) is 3.65. The summed E-state index contributed by atoms with van der Waals surface area (Å²) in [5.41, 5.74) is 2.49. The molecule has 1 aliphatic carbocycles. The van der Waals surface area contributed by atoms with Crippen molar-refractivity contribution in [2.24, 2.45) is 0 Å². The molecule has 0 bridgehead atoms. The number of pyridine rings is 1. The lowest BCUT2D eigenvalue weighted by atomic mass is 10.2. The van der Waals surface area contributed by atoms with E-state index in [9.17, 15) is 4.79 Å². The maximum atomic E-state index is 13.3. The number of nitrogens with zero attached hydrogens (tertiary/aromatic N) is 6. The van der Waals surface area contributed by atoms with Gasteiger partial charge >= 0.3 is 5.69 Å². The molecule has 0 atom stereocenters. The topological polar surface area (TPSA) is 87.3 Å². The summed E-state index contributed by atoms with van der Waals surface area (Å²) < 4.78 is 15.2. The standard InChI is InChI=1S/C24H26N6O3/c31-24-29(21-15-25-8-7-20(21)30(24)17-5-6-17)16-22-26-19-4-2-1-3-18(19)23(27-22)33-14-11-28-9-12-32-13-10-28/h1-4,7-8,15,17H,5-6,9-14,16H2. The Labute approximate surface area is 190 Å². The van der Waals surface area contributed by atoms with E-state index in [1.807, 2.05) is 34.9 Å². The molecule has 170 valence electrons. The number of morpholine rings is 1. The zero-order valence-corrected chi connectivity index (χ0v) is 18.4. The Hall–Kier alpha value is -3.30. The molecule has 0 radical (unpaired) electrons. The van der Waals surface area contributed by atoms with Crippen molar-refractivity contribution in [1.29, 1.82) is 0 Å². The molecule has 0 spiro atoms. The maximum absolute atomic E-state index is 13.3. The molecule has 1 aromatic carbocycles. The lowest BCUT2D eigenvalue weighted by Crippen LogP contribution is -2.38. The minimum absolute atomic E-state index is 0.0351. The summed E-state index contributed by atoms with van der Waals surface area (Å²) in [5.74, 6) is 1.11. The van der Waals surface area contributed by atoms with E-state index in [2.05, 4.69) is 9.88 Å². The molecule has 33 heavy (non-hydrogen) atoms. The third-order valence-electron chi connectivity index (χ3n) is 6.34. The second kappa shape index (κ2) is 8.57. The summed E-state index contributed by atoms with van der Waals surface area (Å²) in [5, 5.41) is 0.873. The van der Waals surface area contributed by atoms with Crippen LogP contribution < -0.4 is 10.4 Å². The van der Waals surface area contributed by atoms with Crippen molar-refractivity contribution < 1.29 is 9.47 Å². The number of fused-ring (bicyclic) bond motifs is 2. The molecule has 2 aliphatic rings. The van der Waals surface area contributed by atoms with Gasteiger partial charge in [0.2, 0.25) is 5.88 Å². The number of ether oxygens (including phenoxy) is 2. The highest BCUT2D eigenvalue weighted by atomic mass is 16.5. The van der Waals surface area contributed by atoms with Crippen LogP contribution in [0.3, 0.4) is 0 Å². The number of rotatable bonds is 7. The molecule has 4 aromatic rings. The molecule has 4 heterocycles. The molecule has 0 N–H and O–H groups in total. The van der Waals surface area contributed by atoms with E-state index in [1.54, 1.807) is 17.0 Å². The van der Waals surface area contributed by atoms with Gasteiger partial charge < -0.3 is 9.47 Å². The van der Waals surface area contributed by atoms with Crippen molar-refractivity contribution in [1.82, 2.24) is 29.0 Å². The molecule has 1 aliphatic heterocycles. The molecule has 2 fully saturated rings. The average molecular weight is 447 g/mol. The van der Waals surface area contributed by atoms with Crippen molar-refractivity contribution >= 4 is 21.9 Å². The fourth-order valence-corrected chi connectivity index (χ4v) is 4.48. The minimum atomic E-state index is -0.0351. The number of para-hydroxylation sites is 1. The lowest BCUT2D eigenvalue weighted by Gasteiger charge is -2.26. The summed E-state index contributed by atoms with van der Waals surface area (Å²) in [6, 6.07) is 10.0. The van der Waals surface area contributed by atoms with E-state index in [-0.39, 0.29) is 18.3 Å². The summed E-state index contributed by atoms with van der Waals surface area (Å²) in [4.78, 5) is 29.3. The maximum Gasteiger partial charge on any atom is 0.329 e. The van der Waals surface area contributed by atoms with Crippen molar-refractivity contribution in [3.63, 3.8) is 0 Å². The molecule has 0 amide bonds. The minimum Gasteiger partial charge on any atom is -0.476 e. The number of imidazole rings is 1. The lowest BCUT2D eigenvalue weighted by molar-refractivity contribution is 0.0321. The second-order valence-electron chi connectivity index (χ2n) is 8.60. The quantitative estimate of drug-likeness (QED) is 0.430. The van der Waals surface area contributed by atoms with Gasteiger partial charge in [-0.2, -0.15) is 4.98 Å². The van der Waals surface area contributed by atoms with Crippen molar-refractivity contribution in [2.75, 3.05) is 39.5 Å². The van der Waals surface area contributed by atoms with Crippen LogP contribution in [0.2, 0.25) is 0 Å². The molecule has 1 saturated heterocycles. The van der Waals surface area contributed by atoms with Crippen molar-refractivity contribution in [3.8, 4) is 5.88 Å². The van der Waals surface area contributed by atoms with Gasteiger partial charge in [-0.3, -0.25) is 19.0 Å². The Morgan fingerprint density at radius 2 is 1.91 bits per heavy atom. The number of hydrogen-bond acceptors (Lipinski definition) is 7. The number of aromatic nitrogens is 5. The van der Waals surface area contributed by atoms with E-state index in [4.69, 9.17) is 19.4 Å². The van der Waals surface area contributed by atoms with Gasteiger partial charge in [0.15, 0.2) is 5.82 Å². The number of hydrogen-bond donors (Lipinski definition) is 0. The Balaban J connectivity index is 1.32. The van der Waals surface area contributed by atoms with Crippen LogP contribution in [-0.4, -0.2) is 68.4 Å². The van der Waals surface area contributed by atoms with Crippen LogP contribution in [0.25, 0.3) is 21.9 Å². The molecule has 9 heteroatoms. The van der Waals surface area contributed by atoms with Crippen molar-refractivity contribution in [3.05, 3.63) is 59.0 Å². The highest BCUT2D eigenvalue weighted by molar-refractivity contribution is 5.83. The van der Waals surface area contributed by atoms with Gasteiger partial charge in [-0.05, 0) is 31.0 Å². The van der Waals surface area contributed by atoms with Gasteiger partial charge in [0.05, 0.1) is 47.9 Å². The first-order valence-electron chi connectivity index (χ1n) is 11.5. The summed E-state index contributed by atoms with van der Waals surface area (Å²) >= 11 is 0. The third-order valence-corrected chi connectivity index (χ3v) is 6.34. The number of benzene rings is 1. The molecule has 1 saturated carbocycles. The molecular formula is C24H26N6O3. The molecule has 9 nitrogen and oxygen atoms in total. The van der Waals surface area contributed by atoms with E-state index in [1.165, 1.54) is 0 Å². The van der Waals surface area contributed by atoms with Crippen LogP contribution in [0.4, 0.5) is 0 Å². The SMILES string of the molecule is O=c1n(Cc2nc(OCCN3CCOCC3)c3ccccc3n2)c2cnccc2n1C1CC1. The predicted molar refractivity (Wildman–Crippen MR) is 124 cm³/mol. The zero-order valence-electron chi connectivity index (χ0n) is 18.4. The largest absolute Gasteiger partial charge is 0.476 e. The van der Waals surface area contributed by atoms with E-state index < -0.39 is 0 Å². The van der Waals surface area contributed by atoms with E-state index >= 15 is 0 Å². The normalized spacial score (nSPS) is 17.1. The molecule has 0 unspecified atom stereocenters. The van der Waals surface area contributed by atoms with Crippen LogP contribution in [0.15, 0.2) is 47.5 Å². The molecule has 6 rings (SSSR count). The molecular weight excluding hydrogens is 420 g/mol. The van der Waals surface area contributed by atoms with Gasteiger partial charge in [0.1, 0.15) is 6.61 Å². The Morgan fingerprint density at radius 3 is 2.76 bits per heavy atom. The van der Waals surface area contributed by atoms with Crippen molar-refractivity contribution in [2.45, 2.75) is 25.4 Å². The van der Waals surface area contributed by atoms with Gasteiger partial charge in [0.25, 0.3) is 0 Å². The Morgan fingerprint density at radius 1 is 1.06 bits per heavy atom. The highest BCUT2D eigenvalue weighted by Gasteiger charge is 2.29. The summed E-state index contributed by atoms with van der Waals surface area (Å²) in [6.45, 7) is 4.98. The zero-order chi connectivity index (χ0) is 22.2. The van der Waals surface area contributed by atoms with Crippen LogP contribution >= 0.6 is 0 Å². The first-order valence-corrected chi connectivity index (χ1v) is 11.5. The van der Waals surface area contributed by atoms with Crippen LogP contribution in [0, 0.1) is 0 Å². The first-order chi connectivity index (χ1) is 16.3. The summed E-state index contributed by atoms with van der Waals surface area (Å²) in [6.07, 6.45) is 5.55. The van der Waals surface area contributed by atoms with Gasteiger partial charge in [-0.25, -0.2) is 9.78 Å². The Bertz CT molecular complexity index is 1350. The molecule has 3 aromatic heterocycles. The fraction of sp³-hybridized carbons (Fsp3) is 0.417. The van der Waals surface area contributed by atoms with Crippen LogP contribution in [-0.2, 0) is 11.3 Å². The predicted octanol–water partition coefficient (Wildman–Crippen LogP) is 2.24. The fourth-order valence-electron chi connectivity index (χ4n) is 4.48. The Kier molecular flexibility index (Phi) is 5.27. The van der Waals surface area contributed by atoms with Crippen LogP contribution in [0.1, 0.15) is 24.7 Å². The first kappa shape index (κ1) is 20.3. The smallest absolute Gasteiger partial charge is 0.329 e. The van der Waals surface area contributed by atoms with Gasteiger partial charge in [-0.1, -0.05) is 12.1 Å². The highest BCUT2D eigenvalue weighted by Crippen LogP contribution is 2.36.